The van der Waals surface area contributed by atoms with Gasteiger partial charge >= 0.3 is 35.8 Å². The number of aliphatic hydroxyl groups excluding tert-OH is 1. The van der Waals surface area contributed by atoms with E-state index in [1.165, 1.54) is 99.1 Å². The van der Waals surface area contributed by atoms with Gasteiger partial charge in [0.05, 0.1) is 71.7 Å². The fourth-order valence-corrected chi connectivity index (χ4v) is 17.9. The molecule has 9 unspecified atom stereocenters. The van der Waals surface area contributed by atoms with Gasteiger partial charge in [0.2, 0.25) is 17.1 Å². The lowest BCUT2D eigenvalue weighted by atomic mass is 9.79. The number of aromatic carboxylic acids is 1. The minimum Gasteiger partial charge on any atom is -0.477 e. The van der Waals surface area contributed by atoms with Gasteiger partial charge < -0.3 is 54.3 Å². The van der Waals surface area contributed by atoms with Crippen molar-refractivity contribution in [2.75, 3.05) is 41.8 Å². The first-order valence-electron chi connectivity index (χ1n) is 36.2. The van der Waals surface area contributed by atoms with Crippen molar-refractivity contribution < 1.29 is 90.2 Å². The minimum absolute atomic E-state index is 0.0324. The number of carboxylic acid groups (broad SMARTS) is 1. The van der Waals surface area contributed by atoms with Crippen LogP contribution in [0.2, 0.25) is 0 Å². The smallest absolute Gasteiger partial charge is 0.350 e. The van der Waals surface area contributed by atoms with Crippen molar-refractivity contribution in [2.24, 2.45) is 35.5 Å². The molecule has 4 heterocycles. The summed E-state index contributed by atoms with van der Waals surface area (Å²) in [4.78, 5) is 115. The van der Waals surface area contributed by atoms with E-state index in [-0.39, 0.29) is 86.5 Å². The standard InChI is InChI=1S/C25H30FNO5S.C22H26FNO4S.C15H16FNO2S.C10H15ClO3.C9H12BrNO2S/c1-14(2)27(24(29)19-10-9-15(3)11-21(19)32-16(4)28)20-13-22(33-23(20)25(30)31-5)17-7-6-8-18(26)12-17;1-12(2)24(21(26)16-8-7-13(3)9-18(16)25)17-11-19(29-20(17)22(27)28)14-5-4-6-15(23)10-14;1-9(2)17-12-8-13(20-14(12)15(18)19-3)10-5-4-6-11(16)7-10;1-6-3-4-8(10(11)13)9(5-6)14-7(2)12;1-5(2)11-6-4-7(10)14-8(6)9(12)13-3/h6-8,12-15,19,21H,9-11H2,1-5H3;4-6,10-13,16,18,25H,7-9H2,1-3H3,(H,27,28);4-9,17H,1-3H3;6,8-9H,3-5H2,1-2H3;4-5,11H,1-3H3. The van der Waals surface area contributed by atoms with Crippen molar-refractivity contribution in [3.05, 3.63) is 138 Å². The summed E-state index contributed by atoms with van der Waals surface area (Å²) in [6, 6.07) is 25.4. The lowest BCUT2D eigenvalue weighted by Gasteiger charge is -2.37. The number of anilines is 4. The number of rotatable bonds is 20. The molecule has 0 bridgehead atoms. The second kappa shape index (κ2) is 42.6. The molecule has 3 aliphatic carbocycles. The number of methoxy groups -OCH3 is 3. The van der Waals surface area contributed by atoms with Gasteiger partial charge in [0, 0.05) is 52.6 Å². The van der Waals surface area contributed by atoms with Gasteiger partial charge in [-0.05, 0) is 236 Å². The van der Waals surface area contributed by atoms with Gasteiger partial charge in [0.25, 0.3) is 0 Å². The van der Waals surface area contributed by atoms with E-state index in [0.717, 1.165) is 80.4 Å². The summed E-state index contributed by atoms with van der Waals surface area (Å²) in [6.45, 7) is 24.3. The molecule has 3 fully saturated rings. The van der Waals surface area contributed by atoms with Gasteiger partial charge in [-0.25, -0.2) is 32.3 Å². The summed E-state index contributed by atoms with van der Waals surface area (Å²) in [7, 11) is 4.02. The van der Waals surface area contributed by atoms with Crippen molar-refractivity contribution >= 4 is 149 Å². The second-order valence-corrected chi connectivity index (χ2v) is 34.5. The van der Waals surface area contributed by atoms with Crippen LogP contribution in [-0.4, -0.2) is 127 Å². The maximum atomic E-state index is 13.8. The first kappa shape index (κ1) is 90.9. The Morgan fingerprint density at radius 1 is 0.491 bits per heavy atom. The van der Waals surface area contributed by atoms with Crippen LogP contribution < -0.4 is 20.4 Å². The molecule has 3 aliphatic rings. The molecule has 4 N–H and O–H groups in total. The van der Waals surface area contributed by atoms with Crippen molar-refractivity contribution in [3.63, 3.8) is 0 Å². The summed E-state index contributed by atoms with van der Waals surface area (Å²) in [5.41, 5.74) is 4.18. The molecule has 0 spiro atoms. The molecule has 10 rings (SSSR count). The normalized spacial score (nSPS) is 19.3. The number of aliphatic hydroxyl groups is 1. The highest BCUT2D eigenvalue weighted by molar-refractivity contribution is 9.11. The van der Waals surface area contributed by atoms with Crippen molar-refractivity contribution in [1.82, 2.24) is 0 Å². The number of carbonyl (C=O) groups is 9. The number of nitrogens with one attached hydrogen (secondary N) is 2. The number of esters is 5. The Labute approximate surface area is 670 Å². The molecule has 110 heavy (non-hydrogen) atoms. The number of hydrogen-bond donors (Lipinski definition) is 4. The Morgan fingerprint density at radius 2 is 0.845 bits per heavy atom. The predicted octanol–water partition coefficient (Wildman–Crippen LogP) is 19.6. The number of carbonyl (C=O) groups excluding carboxylic acids is 8. The predicted molar refractivity (Wildman–Crippen MR) is 432 cm³/mol. The van der Waals surface area contributed by atoms with Crippen LogP contribution in [0.5, 0.6) is 0 Å². The zero-order valence-corrected chi connectivity index (χ0v) is 70.2. The molecule has 598 valence electrons. The van der Waals surface area contributed by atoms with Crippen LogP contribution in [0.15, 0.2) is 101 Å². The van der Waals surface area contributed by atoms with Crippen molar-refractivity contribution in [2.45, 2.75) is 190 Å². The third kappa shape index (κ3) is 25.8. The number of carboxylic acids is 1. The van der Waals surface area contributed by atoms with Gasteiger partial charge in [0.15, 0.2) is 0 Å². The van der Waals surface area contributed by atoms with E-state index in [0.29, 0.717) is 91.5 Å². The Morgan fingerprint density at radius 3 is 1.24 bits per heavy atom. The molecule has 0 aliphatic heterocycles. The first-order valence-corrected chi connectivity index (χ1v) is 40.7. The maximum Gasteiger partial charge on any atom is 0.350 e. The van der Waals surface area contributed by atoms with Crippen LogP contribution in [0, 0.1) is 53.0 Å². The highest BCUT2D eigenvalue weighted by Gasteiger charge is 2.42. The fraction of sp³-hybridized carbons (Fsp3) is 0.469. The molecule has 9 atom stereocenters. The number of nitrogens with zero attached hydrogens (tertiary/aromatic N) is 2. The maximum absolute atomic E-state index is 13.8. The molecule has 29 heteroatoms. The Hall–Kier alpha value is -7.99. The van der Waals surface area contributed by atoms with Crippen LogP contribution in [0.3, 0.4) is 0 Å². The van der Waals surface area contributed by atoms with E-state index in [1.807, 2.05) is 73.6 Å². The monoisotopic (exact) mass is 1680 g/mol. The lowest BCUT2D eigenvalue weighted by Crippen LogP contribution is -2.48. The molecule has 2 amide bonds. The van der Waals surface area contributed by atoms with Gasteiger partial charge in [-0.2, -0.15) is 0 Å². The summed E-state index contributed by atoms with van der Waals surface area (Å²) in [5.74, 6) is -4.87. The Kier molecular flexibility index (Phi) is 35.2. The average molecular weight is 1690 g/mol. The molecular weight excluding hydrogens is 1590 g/mol. The van der Waals surface area contributed by atoms with E-state index >= 15 is 0 Å². The molecule has 20 nitrogen and oxygen atoms in total. The van der Waals surface area contributed by atoms with E-state index in [9.17, 15) is 66.5 Å². The fourth-order valence-electron chi connectivity index (χ4n) is 13.1. The van der Waals surface area contributed by atoms with Crippen LogP contribution in [0.4, 0.5) is 35.9 Å². The zero-order chi connectivity index (χ0) is 81.7. The second-order valence-electron chi connectivity index (χ2n) is 28.6. The molecular formula is C81H99BrClF3N4O16S4. The molecule has 3 saturated carbocycles. The quantitative estimate of drug-likeness (QED) is 0.0314. The summed E-state index contributed by atoms with van der Waals surface area (Å²) < 4.78 is 66.8. The van der Waals surface area contributed by atoms with E-state index < -0.39 is 47.8 Å². The summed E-state index contributed by atoms with van der Waals surface area (Å²) in [5, 5.41) is 26.2. The highest BCUT2D eigenvalue weighted by Crippen LogP contribution is 2.44. The third-order valence-electron chi connectivity index (χ3n) is 18.2. The molecule has 0 radical (unpaired) electrons. The van der Waals surface area contributed by atoms with Gasteiger partial charge in [0.1, 0.15) is 49.2 Å². The summed E-state index contributed by atoms with van der Waals surface area (Å²) >= 11 is 13.6. The van der Waals surface area contributed by atoms with Gasteiger partial charge in [-0.15, -0.1) is 45.3 Å². The topological polar surface area (TPSA) is 271 Å². The van der Waals surface area contributed by atoms with E-state index in [2.05, 4.69) is 52.1 Å². The zero-order valence-electron chi connectivity index (χ0n) is 64.6. The molecule has 0 saturated heterocycles. The third-order valence-corrected chi connectivity index (χ3v) is 23.5. The lowest BCUT2D eigenvalue weighted by molar-refractivity contribution is -0.155. The van der Waals surface area contributed by atoms with Crippen LogP contribution in [-0.2, 0) is 47.7 Å². The van der Waals surface area contributed by atoms with Crippen LogP contribution >= 0.6 is 72.9 Å². The SMILES string of the molecule is CC(=O)OC1CC(C)CCC1C(=O)Cl.CC1CCC(C(=O)N(c2cc(-c3cccc(F)c3)sc2C(=O)O)C(C)C)C(O)C1.COC(=O)c1sc(-c2cccc(F)c2)cc1N(C(=O)C1CCC(C)CC1OC(C)=O)C(C)C.COC(=O)c1sc(-c2cccc(F)c2)cc1NC(C)C.COC(=O)c1sc(Br)cc1NC(C)C. The number of thiophene rings is 4. The Bertz CT molecular complexity index is 4330. The average Bonchev–Trinajstić information content (AvgIpc) is 1.60. The highest BCUT2D eigenvalue weighted by atomic mass is 79.9. The minimum atomic E-state index is -1.14. The number of amides is 2. The molecule has 3 aromatic carbocycles. The molecule has 7 aromatic rings. The van der Waals surface area contributed by atoms with Gasteiger partial charge in [-0.3, -0.25) is 24.0 Å². The number of halogens is 5. The van der Waals surface area contributed by atoms with Crippen LogP contribution in [0.1, 0.15) is 186 Å². The number of ether oxygens (including phenoxy) is 5. The van der Waals surface area contributed by atoms with E-state index in [4.69, 9.17) is 30.5 Å². The Balaban J connectivity index is 0.000000224. The number of benzene rings is 3. The molecule has 4 aromatic heterocycles. The number of hydrogen-bond acceptors (Lipinski definition) is 21. The van der Waals surface area contributed by atoms with Gasteiger partial charge in [-0.1, -0.05) is 57.2 Å². The van der Waals surface area contributed by atoms with Crippen molar-refractivity contribution in [3.8, 4) is 31.3 Å². The first-order chi connectivity index (χ1) is 51.9. The van der Waals surface area contributed by atoms with Crippen LogP contribution in [0.25, 0.3) is 31.3 Å². The van der Waals surface area contributed by atoms with E-state index in [1.54, 1.807) is 47.4 Å². The van der Waals surface area contributed by atoms with Crippen molar-refractivity contribution in [1.29, 1.82) is 0 Å². The summed E-state index contributed by atoms with van der Waals surface area (Å²) in [6.07, 6.45) is 4.92. The largest absolute Gasteiger partial charge is 0.477 e.